The van der Waals surface area contributed by atoms with E-state index in [1.54, 1.807) is 24.3 Å². The van der Waals surface area contributed by atoms with Gasteiger partial charge in [-0.25, -0.2) is 18.0 Å². The number of benzene rings is 3. The zero-order chi connectivity index (χ0) is 25.4. The molecule has 1 saturated heterocycles. The van der Waals surface area contributed by atoms with E-state index in [-0.39, 0.29) is 40.4 Å². The average Bonchev–Trinajstić information content (AvgIpc) is 3.56. The number of aliphatic carboxylic acids is 1. The zero-order valence-corrected chi connectivity index (χ0v) is 18.8. The molecule has 1 amide bonds. The Hall–Kier alpha value is -4.27. The molecule has 0 radical (unpaired) electrons. The maximum Gasteiger partial charge on any atom is 0.326 e. The Labute approximate surface area is 203 Å². The summed E-state index contributed by atoms with van der Waals surface area (Å²) in [7, 11) is 0. The topological polar surface area (TPSA) is 80.0 Å². The van der Waals surface area contributed by atoms with Gasteiger partial charge in [-0.05, 0) is 60.4 Å². The molecule has 2 heterocycles. The summed E-state index contributed by atoms with van der Waals surface area (Å²) in [4.78, 5) is 25.6. The van der Waals surface area contributed by atoms with Crippen molar-refractivity contribution in [2.24, 2.45) is 0 Å². The van der Waals surface area contributed by atoms with Crippen molar-refractivity contribution < 1.29 is 37.0 Å². The van der Waals surface area contributed by atoms with E-state index in [2.05, 4.69) is 0 Å². The molecular formula is C27H20F3NO5. The second-order valence-corrected chi connectivity index (χ2v) is 8.51. The summed E-state index contributed by atoms with van der Waals surface area (Å²) in [6.45, 7) is 0.323. The van der Waals surface area contributed by atoms with Crippen molar-refractivity contribution in [3.63, 3.8) is 0 Å². The van der Waals surface area contributed by atoms with Gasteiger partial charge in [0, 0.05) is 17.7 Å². The number of nitrogens with zero attached hydrogens (tertiary/aromatic N) is 1. The first-order valence-electron chi connectivity index (χ1n) is 11.2. The van der Waals surface area contributed by atoms with Crippen LogP contribution in [0, 0.1) is 17.5 Å². The van der Waals surface area contributed by atoms with Crippen LogP contribution in [0.2, 0.25) is 0 Å². The van der Waals surface area contributed by atoms with Crippen LogP contribution in [0.4, 0.5) is 13.2 Å². The summed E-state index contributed by atoms with van der Waals surface area (Å²) >= 11 is 0. The molecule has 36 heavy (non-hydrogen) atoms. The van der Waals surface area contributed by atoms with Crippen LogP contribution >= 0.6 is 0 Å². The number of amides is 1. The normalized spacial score (nSPS) is 15.4. The van der Waals surface area contributed by atoms with Gasteiger partial charge < -0.3 is 19.2 Å². The van der Waals surface area contributed by atoms with Crippen molar-refractivity contribution in [2.45, 2.75) is 25.5 Å². The van der Waals surface area contributed by atoms with E-state index in [4.69, 9.17) is 9.15 Å². The third-order valence-electron chi connectivity index (χ3n) is 6.24. The Bertz CT molecular complexity index is 1480. The van der Waals surface area contributed by atoms with Crippen molar-refractivity contribution in [2.75, 3.05) is 6.54 Å². The second kappa shape index (κ2) is 9.41. The molecule has 0 bridgehead atoms. The standard InChI is InChI=1S/C27H20F3NO5/c28-20-12-16(19-13-21(29)24(30)18-8-10-35-25(18)19)6-7-23(20)36-14-15-3-1-4-17(11-15)26(32)31-9-2-5-22(31)27(33)34/h1,3-4,6-8,10-13,22H,2,5,9,14H2,(H,33,34)/t22-/m0/s1. The predicted molar refractivity (Wildman–Crippen MR) is 124 cm³/mol. The molecule has 6 nitrogen and oxygen atoms in total. The molecule has 1 aromatic heterocycles. The fourth-order valence-electron chi connectivity index (χ4n) is 4.46. The Kier molecular flexibility index (Phi) is 6.13. The third kappa shape index (κ3) is 4.28. The molecule has 4 aromatic rings. The molecular weight excluding hydrogens is 475 g/mol. The first kappa shape index (κ1) is 23.5. The minimum atomic E-state index is -1.07. The Morgan fingerprint density at radius 1 is 1.06 bits per heavy atom. The van der Waals surface area contributed by atoms with Gasteiger partial charge in [-0.15, -0.1) is 0 Å². The number of ether oxygens (including phenoxy) is 1. The molecule has 5 rings (SSSR count). The van der Waals surface area contributed by atoms with Gasteiger partial charge in [0.2, 0.25) is 0 Å². The van der Waals surface area contributed by atoms with E-state index in [0.29, 0.717) is 30.5 Å². The highest BCUT2D eigenvalue weighted by molar-refractivity contribution is 5.97. The quantitative estimate of drug-likeness (QED) is 0.367. The average molecular weight is 495 g/mol. The van der Waals surface area contributed by atoms with E-state index in [1.165, 1.54) is 29.4 Å². The van der Waals surface area contributed by atoms with Crippen LogP contribution in [0.1, 0.15) is 28.8 Å². The summed E-state index contributed by atoms with van der Waals surface area (Å²) in [6, 6.07) is 12.0. The lowest BCUT2D eigenvalue weighted by Gasteiger charge is -2.21. The molecule has 3 aromatic carbocycles. The van der Waals surface area contributed by atoms with E-state index < -0.39 is 29.5 Å². The van der Waals surface area contributed by atoms with E-state index >= 15 is 0 Å². The number of hydrogen-bond donors (Lipinski definition) is 1. The molecule has 0 saturated carbocycles. The Balaban J connectivity index is 1.33. The lowest BCUT2D eigenvalue weighted by molar-refractivity contribution is -0.141. The van der Waals surface area contributed by atoms with Gasteiger partial charge in [-0.2, -0.15) is 0 Å². The first-order valence-corrected chi connectivity index (χ1v) is 11.2. The number of carbonyl (C=O) groups is 2. The van der Waals surface area contributed by atoms with E-state index in [9.17, 15) is 27.9 Å². The van der Waals surface area contributed by atoms with E-state index in [1.807, 2.05) is 0 Å². The van der Waals surface area contributed by atoms with Crippen LogP contribution in [-0.4, -0.2) is 34.5 Å². The minimum Gasteiger partial charge on any atom is -0.486 e. The SMILES string of the molecule is O=C(O)[C@@H]1CCCN1C(=O)c1cccc(COc2ccc(-c3cc(F)c(F)c4ccoc34)cc2F)c1. The first-order chi connectivity index (χ1) is 17.3. The molecule has 9 heteroatoms. The summed E-state index contributed by atoms with van der Waals surface area (Å²) < 4.78 is 53.7. The molecule has 1 atom stereocenters. The van der Waals surface area contributed by atoms with Crippen LogP contribution in [0.5, 0.6) is 5.75 Å². The van der Waals surface area contributed by atoms with Gasteiger partial charge in [0.25, 0.3) is 5.91 Å². The fraction of sp³-hybridized carbons (Fsp3) is 0.185. The maximum atomic E-state index is 14.8. The third-order valence-corrected chi connectivity index (χ3v) is 6.24. The summed E-state index contributed by atoms with van der Waals surface area (Å²) in [6.07, 6.45) is 2.26. The molecule has 184 valence electrons. The summed E-state index contributed by atoms with van der Waals surface area (Å²) in [5, 5.41) is 9.30. The number of carboxylic acids is 1. The molecule has 1 fully saturated rings. The molecule has 0 unspecified atom stereocenters. The number of fused-ring (bicyclic) bond motifs is 1. The lowest BCUT2D eigenvalue weighted by atomic mass is 10.0. The Morgan fingerprint density at radius 2 is 1.89 bits per heavy atom. The second-order valence-electron chi connectivity index (χ2n) is 8.51. The molecule has 0 aliphatic carbocycles. The van der Waals surface area contributed by atoms with Crippen LogP contribution in [0.3, 0.4) is 0 Å². The van der Waals surface area contributed by atoms with Crippen molar-refractivity contribution in [1.29, 1.82) is 0 Å². The minimum absolute atomic E-state index is 0.0382. The number of halogens is 3. The number of likely N-dealkylation sites (tertiary alicyclic amines) is 1. The highest BCUT2D eigenvalue weighted by Crippen LogP contribution is 2.34. The van der Waals surface area contributed by atoms with Gasteiger partial charge in [0.1, 0.15) is 18.2 Å². The van der Waals surface area contributed by atoms with Gasteiger partial charge in [-0.3, -0.25) is 4.79 Å². The van der Waals surface area contributed by atoms with Crippen LogP contribution in [0.15, 0.2) is 65.3 Å². The van der Waals surface area contributed by atoms with Crippen molar-refractivity contribution >= 4 is 22.8 Å². The summed E-state index contributed by atoms with van der Waals surface area (Å²) in [5.41, 5.74) is 1.50. The smallest absolute Gasteiger partial charge is 0.326 e. The zero-order valence-electron chi connectivity index (χ0n) is 18.8. The fourth-order valence-corrected chi connectivity index (χ4v) is 4.46. The van der Waals surface area contributed by atoms with Gasteiger partial charge in [0.05, 0.1) is 11.6 Å². The number of hydrogen-bond acceptors (Lipinski definition) is 4. The van der Waals surface area contributed by atoms with Crippen molar-refractivity contribution in [3.05, 3.63) is 89.4 Å². The molecule has 1 aliphatic rings. The lowest BCUT2D eigenvalue weighted by Crippen LogP contribution is -2.40. The largest absolute Gasteiger partial charge is 0.486 e. The number of carbonyl (C=O) groups excluding carboxylic acids is 1. The van der Waals surface area contributed by atoms with Gasteiger partial charge in [-0.1, -0.05) is 18.2 Å². The van der Waals surface area contributed by atoms with Crippen LogP contribution < -0.4 is 4.74 Å². The molecule has 0 spiro atoms. The van der Waals surface area contributed by atoms with Crippen molar-refractivity contribution in [3.8, 4) is 16.9 Å². The predicted octanol–water partition coefficient (Wildman–Crippen LogP) is 5.79. The summed E-state index contributed by atoms with van der Waals surface area (Å²) in [5.74, 6) is -4.31. The maximum absolute atomic E-state index is 14.8. The molecule has 1 N–H and O–H groups in total. The number of carboxylic acid groups (broad SMARTS) is 1. The van der Waals surface area contributed by atoms with Gasteiger partial charge in [0.15, 0.2) is 23.2 Å². The van der Waals surface area contributed by atoms with Crippen molar-refractivity contribution in [1.82, 2.24) is 4.90 Å². The van der Waals surface area contributed by atoms with Crippen LogP contribution in [-0.2, 0) is 11.4 Å². The number of rotatable bonds is 6. The highest BCUT2D eigenvalue weighted by Gasteiger charge is 2.34. The van der Waals surface area contributed by atoms with Crippen LogP contribution in [0.25, 0.3) is 22.1 Å². The molecule has 1 aliphatic heterocycles. The monoisotopic (exact) mass is 495 g/mol. The Morgan fingerprint density at radius 3 is 2.67 bits per heavy atom. The number of furan rings is 1. The van der Waals surface area contributed by atoms with Gasteiger partial charge >= 0.3 is 5.97 Å². The highest BCUT2D eigenvalue weighted by atomic mass is 19.2. The van der Waals surface area contributed by atoms with E-state index in [0.717, 1.165) is 12.1 Å².